The minimum atomic E-state index is -0.672. The van der Waals surface area contributed by atoms with E-state index in [1.165, 1.54) is 19.3 Å². The molecule has 2 unspecified atom stereocenters. The predicted molar refractivity (Wildman–Crippen MR) is 75.1 cm³/mol. The lowest BCUT2D eigenvalue weighted by atomic mass is 9.75. The Labute approximate surface area is 120 Å². The van der Waals surface area contributed by atoms with Crippen LogP contribution in [0.2, 0.25) is 0 Å². The highest BCUT2D eigenvalue weighted by Crippen LogP contribution is 2.58. The van der Waals surface area contributed by atoms with Crippen molar-refractivity contribution in [2.24, 2.45) is 23.2 Å². The molecule has 4 nitrogen and oxygen atoms in total. The van der Waals surface area contributed by atoms with Crippen molar-refractivity contribution in [2.45, 2.75) is 51.9 Å². The first-order chi connectivity index (χ1) is 9.59. The number of likely N-dealkylation sites (tertiary alicyclic amines) is 1. The molecule has 1 amide bonds. The fourth-order valence-corrected chi connectivity index (χ4v) is 4.60. The van der Waals surface area contributed by atoms with Gasteiger partial charge in [-0.2, -0.15) is 0 Å². The molecule has 1 N–H and O–H groups in total. The van der Waals surface area contributed by atoms with Gasteiger partial charge in [0.25, 0.3) is 0 Å². The molecule has 1 aliphatic heterocycles. The van der Waals surface area contributed by atoms with Crippen LogP contribution < -0.4 is 0 Å². The van der Waals surface area contributed by atoms with Crippen LogP contribution >= 0.6 is 0 Å². The molecule has 4 heteroatoms. The van der Waals surface area contributed by atoms with E-state index in [0.717, 1.165) is 12.8 Å². The van der Waals surface area contributed by atoms with Crippen molar-refractivity contribution >= 4 is 11.9 Å². The Morgan fingerprint density at radius 2 is 1.80 bits per heavy atom. The van der Waals surface area contributed by atoms with Gasteiger partial charge in [0.05, 0.1) is 5.41 Å². The van der Waals surface area contributed by atoms with Crippen LogP contribution in [0.1, 0.15) is 51.9 Å². The number of piperidine rings is 1. The zero-order chi connectivity index (χ0) is 14.3. The van der Waals surface area contributed by atoms with Gasteiger partial charge in [-0.25, -0.2) is 0 Å². The molecule has 0 bridgehead atoms. The predicted octanol–water partition coefficient (Wildman–Crippen LogP) is 2.53. The summed E-state index contributed by atoms with van der Waals surface area (Å²) in [7, 11) is 0. The van der Waals surface area contributed by atoms with Gasteiger partial charge in [0.2, 0.25) is 5.91 Å². The number of aliphatic carboxylic acids is 1. The van der Waals surface area contributed by atoms with Crippen LogP contribution in [0.25, 0.3) is 0 Å². The number of rotatable bonds is 4. The van der Waals surface area contributed by atoms with Crippen LogP contribution in [-0.4, -0.2) is 35.0 Å². The molecule has 112 valence electrons. The summed E-state index contributed by atoms with van der Waals surface area (Å²) in [5.41, 5.74) is -0.578. The molecule has 3 rings (SSSR count). The first-order valence-corrected chi connectivity index (χ1v) is 8.11. The van der Waals surface area contributed by atoms with Gasteiger partial charge in [0, 0.05) is 19.0 Å². The van der Waals surface area contributed by atoms with Gasteiger partial charge in [-0.1, -0.05) is 19.8 Å². The van der Waals surface area contributed by atoms with Crippen LogP contribution in [0.5, 0.6) is 0 Å². The first-order valence-electron chi connectivity index (χ1n) is 8.11. The number of amides is 1. The van der Waals surface area contributed by atoms with Gasteiger partial charge in [-0.15, -0.1) is 0 Å². The fourth-order valence-electron chi connectivity index (χ4n) is 4.60. The number of hydrogen-bond acceptors (Lipinski definition) is 2. The maximum atomic E-state index is 12.5. The molecule has 0 radical (unpaired) electrons. The second-order valence-electron chi connectivity index (χ2n) is 6.95. The monoisotopic (exact) mass is 279 g/mol. The molecular weight excluding hydrogens is 254 g/mol. The molecule has 20 heavy (non-hydrogen) atoms. The summed E-state index contributed by atoms with van der Waals surface area (Å²) < 4.78 is 0. The van der Waals surface area contributed by atoms with E-state index in [2.05, 4.69) is 0 Å². The van der Waals surface area contributed by atoms with Crippen molar-refractivity contribution in [3.63, 3.8) is 0 Å². The molecule has 0 aromatic rings. The summed E-state index contributed by atoms with van der Waals surface area (Å²) in [4.78, 5) is 26.0. The zero-order valence-corrected chi connectivity index (χ0v) is 12.3. The Morgan fingerprint density at radius 1 is 1.20 bits per heavy atom. The van der Waals surface area contributed by atoms with Crippen LogP contribution in [0.15, 0.2) is 0 Å². The smallest absolute Gasteiger partial charge is 0.309 e. The van der Waals surface area contributed by atoms with E-state index < -0.39 is 11.4 Å². The van der Waals surface area contributed by atoms with Gasteiger partial charge in [-0.05, 0) is 43.9 Å². The molecule has 1 heterocycles. The molecule has 2 aliphatic carbocycles. The molecular formula is C16H25NO3. The zero-order valence-electron chi connectivity index (χ0n) is 12.3. The van der Waals surface area contributed by atoms with E-state index in [1.807, 2.05) is 11.8 Å². The third-order valence-corrected chi connectivity index (χ3v) is 5.91. The van der Waals surface area contributed by atoms with Crippen LogP contribution in [0.4, 0.5) is 0 Å². The van der Waals surface area contributed by atoms with Crippen LogP contribution in [0, 0.1) is 23.2 Å². The van der Waals surface area contributed by atoms with Crippen molar-refractivity contribution < 1.29 is 14.7 Å². The van der Waals surface area contributed by atoms with E-state index in [-0.39, 0.29) is 5.92 Å². The highest BCUT2D eigenvalue weighted by molar-refractivity contribution is 5.83. The molecule has 2 atom stereocenters. The normalized spacial score (nSPS) is 34.6. The molecule has 0 spiro atoms. The largest absolute Gasteiger partial charge is 0.481 e. The summed E-state index contributed by atoms with van der Waals surface area (Å²) >= 11 is 0. The highest BCUT2D eigenvalue weighted by Gasteiger charge is 2.58. The lowest BCUT2D eigenvalue weighted by Crippen LogP contribution is -2.47. The quantitative estimate of drug-likeness (QED) is 0.860. The van der Waals surface area contributed by atoms with Crippen molar-refractivity contribution in [3.8, 4) is 0 Å². The average Bonchev–Trinajstić information content (AvgIpc) is 2.91. The molecule has 3 aliphatic rings. The van der Waals surface area contributed by atoms with Gasteiger partial charge in [0.1, 0.15) is 0 Å². The highest BCUT2D eigenvalue weighted by atomic mass is 16.4. The topological polar surface area (TPSA) is 57.6 Å². The summed E-state index contributed by atoms with van der Waals surface area (Å²) in [6.45, 7) is 3.32. The second-order valence-corrected chi connectivity index (χ2v) is 6.95. The molecule has 0 aromatic carbocycles. The van der Waals surface area contributed by atoms with Crippen molar-refractivity contribution in [3.05, 3.63) is 0 Å². The van der Waals surface area contributed by atoms with Crippen molar-refractivity contribution in [1.82, 2.24) is 4.90 Å². The van der Waals surface area contributed by atoms with Gasteiger partial charge < -0.3 is 10.0 Å². The second kappa shape index (κ2) is 5.05. The van der Waals surface area contributed by atoms with Gasteiger partial charge >= 0.3 is 5.97 Å². The number of carbonyl (C=O) groups is 2. The molecule has 1 saturated heterocycles. The third-order valence-electron chi connectivity index (χ3n) is 5.91. The third kappa shape index (κ3) is 2.13. The van der Waals surface area contributed by atoms with Crippen LogP contribution in [0.3, 0.4) is 0 Å². The Morgan fingerprint density at radius 3 is 2.30 bits per heavy atom. The lowest BCUT2D eigenvalue weighted by molar-refractivity contribution is -0.155. The fraction of sp³-hybridized carbons (Fsp3) is 0.875. The van der Waals surface area contributed by atoms with Gasteiger partial charge in [-0.3, -0.25) is 9.59 Å². The first kappa shape index (κ1) is 13.9. The summed E-state index contributed by atoms with van der Waals surface area (Å²) in [6, 6.07) is 0. The van der Waals surface area contributed by atoms with E-state index in [0.29, 0.717) is 43.7 Å². The maximum absolute atomic E-state index is 12.5. The summed E-state index contributed by atoms with van der Waals surface area (Å²) in [6.07, 6.45) is 6.63. The number of carboxylic acids is 1. The molecule has 2 saturated carbocycles. The minimum Gasteiger partial charge on any atom is -0.481 e. The molecule has 3 fully saturated rings. The number of fused-ring (bicyclic) bond motifs is 1. The Kier molecular flexibility index (Phi) is 3.51. The Bertz CT molecular complexity index is 402. The van der Waals surface area contributed by atoms with Crippen molar-refractivity contribution in [1.29, 1.82) is 0 Å². The number of carbonyl (C=O) groups excluding carboxylic acids is 1. The Hall–Kier alpha value is -1.06. The minimum absolute atomic E-state index is 0.284. The van der Waals surface area contributed by atoms with E-state index >= 15 is 0 Å². The number of hydrogen-bond donors (Lipinski definition) is 1. The standard InChI is InChI=1S/C16H25NO3/c1-2-6-16(15(19)20)7-9-17(10-8-16)14(18)13-11-4-3-5-12(11)13/h11-13H,2-10H2,1H3,(H,19,20). The number of carboxylic acid groups (broad SMARTS) is 1. The maximum Gasteiger partial charge on any atom is 0.309 e. The lowest BCUT2D eigenvalue weighted by Gasteiger charge is -2.39. The average molecular weight is 279 g/mol. The molecule has 0 aromatic heterocycles. The van der Waals surface area contributed by atoms with E-state index in [1.54, 1.807) is 0 Å². The van der Waals surface area contributed by atoms with E-state index in [9.17, 15) is 14.7 Å². The van der Waals surface area contributed by atoms with Crippen molar-refractivity contribution in [2.75, 3.05) is 13.1 Å². The number of nitrogens with zero attached hydrogens (tertiary/aromatic N) is 1. The summed E-state index contributed by atoms with van der Waals surface area (Å²) in [5, 5.41) is 9.49. The van der Waals surface area contributed by atoms with Gasteiger partial charge in [0.15, 0.2) is 0 Å². The Balaban J connectivity index is 1.58. The van der Waals surface area contributed by atoms with E-state index in [4.69, 9.17) is 0 Å². The summed E-state index contributed by atoms with van der Waals surface area (Å²) in [5.74, 6) is 1.24. The SMILES string of the molecule is CCCC1(C(=O)O)CCN(C(=O)C2C3CCCC32)CC1. The van der Waals surface area contributed by atoms with Crippen LogP contribution in [-0.2, 0) is 9.59 Å².